The fourth-order valence-electron chi connectivity index (χ4n) is 3.29. The smallest absolute Gasteiger partial charge is 0.153 e. The van der Waals surface area contributed by atoms with Crippen molar-refractivity contribution in [2.75, 3.05) is 11.9 Å². The summed E-state index contributed by atoms with van der Waals surface area (Å²) >= 11 is 0. The number of pyridine rings is 1. The third-order valence-electron chi connectivity index (χ3n) is 4.78. The number of benzene rings is 1. The minimum Gasteiger partial charge on any atom is -0.354 e. The van der Waals surface area contributed by atoms with Crippen molar-refractivity contribution in [3.8, 4) is 0 Å². The molecule has 2 aromatic heterocycles. The molecule has 0 saturated heterocycles. The van der Waals surface area contributed by atoms with Crippen LogP contribution in [-0.2, 0) is 13.1 Å². The van der Waals surface area contributed by atoms with Gasteiger partial charge in [0, 0.05) is 37.4 Å². The highest BCUT2D eigenvalue weighted by molar-refractivity contribution is 5.93. The summed E-state index contributed by atoms with van der Waals surface area (Å²) in [5.41, 5.74) is 4.77. The molecule has 0 spiro atoms. The van der Waals surface area contributed by atoms with Crippen molar-refractivity contribution >= 4 is 16.7 Å². The molecule has 3 rings (SSSR count). The Balaban J connectivity index is 2.04. The maximum absolute atomic E-state index is 13.1. The number of aryl methyl sites for hydroxylation is 2. The van der Waals surface area contributed by atoms with E-state index in [1.807, 2.05) is 31.5 Å². The van der Waals surface area contributed by atoms with Crippen molar-refractivity contribution in [2.24, 2.45) is 0 Å². The SMILES string of the molecule is C=CCCn1c(C)c(C)c2ccnc(N(C)Cc3ccc(F)cc3)c21. The zero-order chi connectivity index (χ0) is 18.0. The third-order valence-corrected chi connectivity index (χ3v) is 4.78. The number of rotatable bonds is 6. The van der Waals surface area contributed by atoms with Crippen LogP contribution in [0.3, 0.4) is 0 Å². The number of allylic oxidation sites excluding steroid dienone is 1. The fraction of sp³-hybridized carbons (Fsp3) is 0.286. The summed E-state index contributed by atoms with van der Waals surface area (Å²) in [6.45, 7) is 9.73. The number of hydrogen-bond acceptors (Lipinski definition) is 2. The molecule has 1 aromatic carbocycles. The van der Waals surface area contributed by atoms with E-state index >= 15 is 0 Å². The predicted molar refractivity (Wildman–Crippen MR) is 103 cm³/mol. The Morgan fingerprint density at radius 3 is 2.60 bits per heavy atom. The van der Waals surface area contributed by atoms with Gasteiger partial charge in [-0.25, -0.2) is 9.37 Å². The van der Waals surface area contributed by atoms with Gasteiger partial charge >= 0.3 is 0 Å². The molecule has 0 N–H and O–H groups in total. The van der Waals surface area contributed by atoms with Gasteiger partial charge in [-0.2, -0.15) is 0 Å². The first-order chi connectivity index (χ1) is 12.0. The largest absolute Gasteiger partial charge is 0.354 e. The quantitative estimate of drug-likeness (QED) is 0.590. The minimum atomic E-state index is -0.212. The van der Waals surface area contributed by atoms with Gasteiger partial charge in [0.2, 0.25) is 0 Å². The van der Waals surface area contributed by atoms with Gasteiger partial charge in [-0.15, -0.1) is 6.58 Å². The maximum atomic E-state index is 13.1. The lowest BCUT2D eigenvalue weighted by Gasteiger charge is -2.21. The first kappa shape index (κ1) is 17.2. The molecular formula is C21H24FN3. The van der Waals surface area contributed by atoms with E-state index in [9.17, 15) is 4.39 Å². The van der Waals surface area contributed by atoms with E-state index in [1.54, 1.807) is 0 Å². The van der Waals surface area contributed by atoms with Crippen LogP contribution in [0.15, 0.2) is 49.2 Å². The Morgan fingerprint density at radius 1 is 1.20 bits per heavy atom. The van der Waals surface area contributed by atoms with Crippen LogP contribution in [-0.4, -0.2) is 16.6 Å². The maximum Gasteiger partial charge on any atom is 0.153 e. The van der Waals surface area contributed by atoms with Crippen molar-refractivity contribution in [3.05, 3.63) is 71.8 Å². The molecule has 4 heteroatoms. The van der Waals surface area contributed by atoms with E-state index in [1.165, 1.54) is 28.8 Å². The molecule has 25 heavy (non-hydrogen) atoms. The Kier molecular flexibility index (Phi) is 4.88. The Hall–Kier alpha value is -2.62. The third kappa shape index (κ3) is 3.29. The number of nitrogens with zero attached hydrogens (tertiary/aromatic N) is 3. The molecule has 0 fully saturated rings. The summed E-state index contributed by atoms with van der Waals surface area (Å²) in [7, 11) is 2.03. The van der Waals surface area contributed by atoms with E-state index < -0.39 is 0 Å². The van der Waals surface area contributed by atoms with Gasteiger partial charge in [-0.05, 0) is 49.6 Å². The average molecular weight is 337 g/mol. The zero-order valence-corrected chi connectivity index (χ0v) is 15.1. The monoisotopic (exact) mass is 337 g/mol. The van der Waals surface area contributed by atoms with Gasteiger partial charge in [0.25, 0.3) is 0 Å². The summed E-state index contributed by atoms with van der Waals surface area (Å²) < 4.78 is 15.5. The van der Waals surface area contributed by atoms with E-state index in [2.05, 4.69) is 40.9 Å². The molecular weight excluding hydrogens is 313 g/mol. The van der Waals surface area contributed by atoms with Crippen molar-refractivity contribution < 1.29 is 4.39 Å². The van der Waals surface area contributed by atoms with Crippen molar-refractivity contribution in [1.82, 2.24) is 9.55 Å². The highest BCUT2D eigenvalue weighted by Gasteiger charge is 2.17. The topological polar surface area (TPSA) is 21.1 Å². The molecule has 0 saturated carbocycles. The average Bonchev–Trinajstić information content (AvgIpc) is 2.86. The van der Waals surface area contributed by atoms with Crippen LogP contribution in [0.5, 0.6) is 0 Å². The van der Waals surface area contributed by atoms with Crippen molar-refractivity contribution in [2.45, 2.75) is 33.4 Å². The summed E-state index contributed by atoms with van der Waals surface area (Å²) in [5.74, 6) is 0.735. The predicted octanol–water partition coefficient (Wildman–Crippen LogP) is 5.00. The van der Waals surface area contributed by atoms with Crippen LogP contribution in [0.1, 0.15) is 23.2 Å². The molecule has 3 nitrogen and oxygen atoms in total. The van der Waals surface area contributed by atoms with Gasteiger partial charge in [0.15, 0.2) is 5.82 Å². The molecule has 0 atom stereocenters. The summed E-state index contributed by atoms with van der Waals surface area (Å²) in [6, 6.07) is 8.71. The van der Waals surface area contributed by atoms with E-state index in [0.717, 1.165) is 29.9 Å². The highest BCUT2D eigenvalue weighted by Crippen LogP contribution is 2.31. The summed E-state index contributed by atoms with van der Waals surface area (Å²) in [6.07, 6.45) is 4.72. The lowest BCUT2D eigenvalue weighted by molar-refractivity contribution is 0.627. The first-order valence-corrected chi connectivity index (χ1v) is 8.53. The molecule has 130 valence electrons. The Bertz CT molecular complexity index is 894. The molecule has 3 aromatic rings. The highest BCUT2D eigenvalue weighted by atomic mass is 19.1. The fourth-order valence-corrected chi connectivity index (χ4v) is 3.29. The molecule has 0 bridgehead atoms. The van der Waals surface area contributed by atoms with Crippen LogP contribution in [0.4, 0.5) is 10.2 Å². The van der Waals surface area contributed by atoms with Gasteiger partial charge < -0.3 is 9.47 Å². The van der Waals surface area contributed by atoms with Crippen LogP contribution in [0.25, 0.3) is 10.9 Å². The number of aromatic nitrogens is 2. The van der Waals surface area contributed by atoms with Crippen LogP contribution < -0.4 is 4.90 Å². The number of fused-ring (bicyclic) bond motifs is 1. The number of halogens is 1. The zero-order valence-electron chi connectivity index (χ0n) is 15.1. The van der Waals surface area contributed by atoms with Gasteiger partial charge in [-0.3, -0.25) is 0 Å². The van der Waals surface area contributed by atoms with Gasteiger partial charge in [0.05, 0.1) is 5.52 Å². The standard InChI is InChI=1S/C21H24FN3/c1-5-6-13-25-16(3)15(2)19-11-12-23-21(20(19)25)24(4)14-17-7-9-18(22)10-8-17/h5,7-12H,1,6,13-14H2,2-4H3. The number of anilines is 1. The first-order valence-electron chi connectivity index (χ1n) is 8.53. The molecule has 0 unspecified atom stereocenters. The molecule has 0 aliphatic rings. The summed E-state index contributed by atoms with van der Waals surface area (Å²) in [5, 5.41) is 1.23. The second-order valence-corrected chi connectivity index (χ2v) is 6.45. The summed E-state index contributed by atoms with van der Waals surface area (Å²) in [4.78, 5) is 6.77. The normalized spacial score (nSPS) is 11.0. The van der Waals surface area contributed by atoms with E-state index in [-0.39, 0.29) is 5.82 Å². The molecule has 0 aliphatic carbocycles. The number of hydrogen-bond donors (Lipinski definition) is 0. The lowest BCUT2D eigenvalue weighted by Crippen LogP contribution is -2.19. The Labute approximate surface area is 148 Å². The second kappa shape index (κ2) is 7.09. The van der Waals surface area contributed by atoms with Crippen molar-refractivity contribution in [3.63, 3.8) is 0 Å². The second-order valence-electron chi connectivity index (χ2n) is 6.45. The van der Waals surface area contributed by atoms with E-state index in [4.69, 9.17) is 0 Å². The van der Waals surface area contributed by atoms with Gasteiger partial charge in [-0.1, -0.05) is 18.2 Å². The van der Waals surface area contributed by atoms with E-state index in [0.29, 0.717) is 6.54 Å². The Morgan fingerprint density at radius 2 is 1.92 bits per heavy atom. The molecule has 0 aliphatic heterocycles. The van der Waals surface area contributed by atoms with Crippen LogP contribution in [0, 0.1) is 19.7 Å². The van der Waals surface area contributed by atoms with Gasteiger partial charge in [0.1, 0.15) is 5.82 Å². The molecule has 0 amide bonds. The van der Waals surface area contributed by atoms with Crippen LogP contribution >= 0.6 is 0 Å². The molecule has 0 radical (unpaired) electrons. The van der Waals surface area contributed by atoms with Crippen LogP contribution in [0.2, 0.25) is 0 Å². The van der Waals surface area contributed by atoms with Crippen molar-refractivity contribution in [1.29, 1.82) is 0 Å². The molecule has 2 heterocycles. The lowest BCUT2D eigenvalue weighted by atomic mass is 10.2. The minimum absolute atomic E-state index is 0.212.